The summed E-state index contributed by atoms with van der Waals surface area (Å²) in [6.07, 6.45) is 1.39. The molecule has 5 aromatic rings. The zero-order valence-corrected chi connectivity index (χ0v) is 25.6. The Morgan fingerprint density at radius 1 is 0.857 bits per heavy atom. The van der Waals surface area contributed by atoms with Crippen molar-refractivity contribution in [2.45, 2.75) is 13.8 Å². The Morgan fingerprint density at radius 3 is 2.29 bits per heavy atom. The Bertz CT molecular complexity index is 1850. The van der Waals surface area contributed by atoms with Crippen LogP contribution in [0.15, 0.2) is 94.5 Å². The molecule has 1 heterocycles. The van der Waals surface area contributed by atoms with Gasteiger partial charge in [0, 0.05) is 31.4 Å². The second-order valence-electron chi connectivity index (χ2n) is 9.41. The number of fused-ring (bicyclic) bond motifs is 1. The van der Waals surface area contributed by atoms with E-state index in [4.69, 9.17) is 16.3 Å². The third-order valence-electron chi connectivity index (χ3n) is 6.23. The first-order chi connectivity index (χ1) is 20.2. The summed E-state index contributed by atoms with van der Waals surface area (Å²) in [6.45, 7) is 3.92. The summed E-state index contributed by atoms with van der Waals surface area (Å²) in [5, 5.41) is 8.12. The van der Waals surface area contributed by atoms with Crippen LogP contribution in [0.5, 0.6) is 5.75 Å². The van der Waals surface area contributed by atoms with Gasteiger partial charge in [0.15, 0.2) is 0 Å². The van der Waals surface area contributed by atoms with Crippen LogP contribution in [0.3, 0.4) is 0 Å². The van der Waals surface area contributed by atoms with Crippen molar-refractivity contribution in [1.82, 2.24) is 5.43 Å². The summed E-state index contributed by atoms with van der Waals surface area (Å²) >= 11 is 11.2. The van der Waals surface area contributed by atoms with Gasteiger partial charge in [-0.1, -0.05) is 57.4 Å². The molecule has 5 rings (SSSR count). The minimum absolute atomic E-state index is 0.288. The summed E-state index contributed by atoms with van der Waals surface area (Å²) in [7, 11) is 0. The topological polar surface area (TPSA) is 96.9 Å². The number of amides is 2. The Hall–Kier alpha value is -4.31. The van der Waals surface area contributed by atoms with Crippen molar-refractivity contribution in [1.29, 1.82) is 0 Å². The molecule has 0 saturated heterocycles. The molecule has 7 nitrogen and oxygen atoms in total. The van der Waals surface area contributed by atoms with Gasteiger partial charge < -0.3 is 10.1 Å². The molecule has 0 unspecified atom stereocenters. The van der Waals surface area contributed by atoms with E-state index in [1.54, 1.807) is 54.6 Å². The van der Waals surface area contributed by atoms with Gasteiger partial charge in [0.1, 0.15) is 10.6 Å². The molecule has 0 radical (unpaired) electrons. The zero-order valence-electron chi connectivity index (χ0n) is 22.4. The van der Waals surface area contributed by atoms with E-state index in [0.29, 0.717) is 32.3 Å². The lowest BCUT2D eigenvalue weighted by Gasteiger charge is -2.08. The Morgan fingerprint density at radius 2 is 1.55 bits per heavy atom. The number of halogens is 2. The van der Waals surface area contributed by atoms with Gasteiger partial charge in [0.05, 0.1) is 16.8 Å². The molecule has 0 aliphatic carbocycles. The van der Waals surface area contributed by atoms with Crippen LogP contribution in [0.4, 0.5) is 5.69 Å². The summed E-state index contributed by atoms with van der Waals surface area (Å²) in [4.78, 5) is 38.6. The predicted octanol–water partition coefficient (Wildman–Crippen LogP) is 8.17. The number of thiophene rings is 1. The number of hydrazone groups is 1. The molecule has 2 N–H and O–H groups in total. The monoisotopic (exact) mass is 659 g/mol. The summed E-state index contributed by atoms with van der Waals surface area (Å²) in [5.74, 6) is -1.00. The van der Waals surface area contributed by atoms with E-state index in [2.05, 4.69) is 31.8 Å². The molecule has 210 valence electrons. The van der Waals surface area contributed by atoms with Crippen LogP contribution >= 0.6 is 38.9 Å². The number of hydrogen-bond donors (Lipinski definition) is 2. The van der Waals surface area contributed by atoms with Crippen molar-refractivity contribution >= 4 is 78.6 Å². The number of rotatable bonds is 7. The van der Waals surface area contributed by atoms with Gasteiger partial charge >= 0.3 is 5.97 Å². The average molecular weight is 661 g/mol. The number of ether oxygens (including phenoxy) is 1. The van der Waals surface area contributed by atoms with E-state index in [1.165, 1.54) is 17.6 Å². The van der Waals surface area contributed by atoms with Gasteiger partial charge in [-0.15, -0.1) is 11.3 Å². The molecule has 2 amide bonds. The Kier molecular flexibility index (Phi) is 8.82. The second kappa shape index (κ2) is 12.7. The Labute approximate surface area is 259 Å². The highest BCUT2D eigenvalue weighted by atomic mass is 79.9. The molecule has 0 saturated carbocycles. The van der Waals surface area contributed by atoms with Crippen molar-refractivity contribution in [2.75, 3.05) is 5.32 Å². The fourth-order valence-electron chi connectivity index (χ4n) is 4.00. The molecule has 42 heavy (non-hydrogen) atoms. The molecule has 1 aromatic heterocycles. The average Bonchev–Trinajstić information content (AvgIpc) is 3.30. The highest BCUT2D eigenvalue weighted by Gasteiger charge is 2.18. The first-order valence-corrected chi connectivity index (χ1v) is 14.7. The van der Waals surface area contributed by atoms with Crippen LogP contribution in [0.25, 0.3) is 10.1 Å². The molecule has 0 fully saturated rings. The molecule has 0 spiro atoms. The number of aryl methyl sites for hydroxylation is 2. The van der Waals surface area contributed by atoms with Gasteiger partial charge in [-0.25, -0.2) is 10.2 Å². The van der Waals surface area contributed by atoms with Gasteiger partial charge in [0.25, 0.3) is 11.8 Å². The number of nitrogens with one attached hydrogen (secondary N) is 2. The molecule has 0 bridgehead atoms. The minimum atomic E-state index is -0.507. The van der Waals surface area contributed by atoms with E-state index in [-0.39, 0.29) is 11.7 Å². The van der Waals surface area contributed by atoms with E-state index >= 15 is 0 Å². The SMILES string of the molecule is Cc1ccc(C(=O)Oc2ccc(Br)cc2/C=N\NC(=O)c2ccc(NC(=O)c3sc4cc(C)ccc4c3Cl)cc2)cc1. The van der Waals surface area contributed by atoms with Crippen molar-refractivity contribution in [2.24, 2.45) is 5.10 Å². The number of esters is 1. The summed E-state index contributed by atoms with van der Waals surface area (Å²) < 4.78 is 7.26. The van der Waals surface area contributed by atoms with Crippen LogP contribution in [0, 0.1) is 13.8 Å². The quantitative estimate of drug-likeness (QED) is 0.0797. The second-order valence-corrected chi connectivity index (χ2v) is 11.8. The molecule has 4 aromatic carbocycles. The number of hydrogen-bond acceptors (Lipinski definition) is 6. The van der Waals surface area contributed by atoms with Crippen molar-refractivity contribution in [3.8, 4) is 5.75 Å². The summed E-state index contributed by atoms with van der Waals surface area (Å²) in [6, 6.07) is 24.4. The van der Waals surface area contributed by atoms with Crippen molar-refractivity contribution in [3.05, 3.63) is 127 Å². The largest absolute Gasteiger partial charge is 0.422 e. The molecular weight excluding hydrogens is 638 g/mol. The maximum atomic E-state index is 12.9. The highest BCUT2D eigenvalue weighted by molar-refractivity contribution is 9.10. The third-order valence-corrected chi connectivity index (χ3v) is 8.38. The van der Waals surface area contributed by atoms with Crippen molar-refractivity contribution < 1.29 is 19.1 Å². The first-order valence-electron chi connectivity index (χ1n) is 12.7. The van der Waals surface area contributed by atoms with Crippen LogP contribution in [0.1, 0.15) is 47.1 Å². The van der Waals surface area contributed by atoms with Crippen LogP contribution < -0.4 is 15.5 Å². The zero-order chi connectivity index (χ0) is 29.8. The van der Waals surface area contributed by atoms with Gasteiger partial charge in [0.2, 0.25) is 0 Å². The Balaban J connectivity index is 1.22. The smallest absolute Gasteiger partial charge is 0.343 e. The number of nitrogens with zero attached hydrogens (tertiary/aromatic N) is 1. The summed E-state index contributed by atoms with van der Waals surface area (Å²) in [5.41, 5.74) is 6.34. The normalized spacial score (nSPS) is 11.0. The predicted molar refractivity (Wildman–Crippen MR) is 171 cm³/mol. The van der Waals surface area contributed by atoms with Crippen LogP contribution in [-0.4, -0.2) is 24.0 Å². The number of benzene rings is 4. The molecule has 0 aliphatic rings. The first kappa shape index (κ1) is 29.2. The third kappa shape index (κ3) is 6.76. The number of anilines is 1. The molecule has 10 heteroatoms. The maximum absolute atomic E-state index is 12.9. The molecule has 0 aliphatic heterocycles. The lowest BCUT2D eigenvalue weighted by atomic mass is 10.1. The fraction of sp³-hybridized carbons (Fsp3) is 0.0625. The van der Waals surface area contributed by atoms with E-state index in [1.807, 2.05) is 44.2 Å². The van der Waals surface area contributed by atoms with Crippen LogP contribution in [-0.2, 0) is 0 Å². The van der Waals surface area contributed by atoms with Crippen LogP contribution in [0.2, 0.25) is 5.02 Å². The molecule has 0 atom stereocenters. The van der Waals surface area contributed by atoms with E-state index in [9.17, 15) is 14.4 Å². The number of carbonyl (C=O) groups is 3. The fourth-order valence-corrected chi connectivity index (χ4v) is 5.89. The van der Waals surface area contributed by atoms with Crippen molar-refractivity contribution in [3.63, 3.8) is 0 Å². The van der Waals surface area contributed by atoms with Gasteiger partial charge in [-0.3, -0.25) is 9.59 Å². The maximum Gasteiger partial charge on any atom is 0.343 e. The standard InChI is InChI=1S/C32H23BrClN3O4S/c1-18-3-6-21(7-4-18)32(40)41-26-14-10-23(33)16-22(26)17-35-37-30(38)20-8-11-24(12-9-20)36-31(39)29-28(34)25-13-5-19(2)15-27(25)42-29/h3-17H,1-2H3,(H,36,39)(H,37,38)/b35-17-. The number of carbonyl (C=O) groups excluding carboxylic acids is 3. The minimum Gasteiger partial charge on any atom is -0.422 e. The van der Waals surface area contributed by atoms with Gasteiger partial charge in [-0.2, -0.15) is 5.10 Å². The van der Waals surface area contributed by atoms with E-state index < -0.39 is 11.9 Å². The lowest BCUT2D eigenvalue weighted by Crippen LogP contribution is -2.18. The lowest BCUT2D eigenvalue weighted by molar-refractivity contribution is 0.0733. The molecular formula is C32H23BrClN3O4S. The van der Waals surface area contributed by atoms with E-state index in [0.717, 1.165) is 25.7 Å². The van der Waals surface area contributed by atoms with Gasteiger partial charge in [-0.05, 0) is 80.1 Å². The highest BCUT2D eigenvalue weighted by Crippen LogP contribution is 2.36.